The molecule has 0 spiro atoms. The molecule has 0 radical (unpaired) electrons. The summed E-state index contributed by atoms with van der Waals surface area (Å²) < 4.78 is 41.8. The van der Waals surface area contributed by atoms with Crippen LogP contribution in [-0.4, -0.2) is 27.7 Å². The first-order chi connectivity index (χ1) is 11.4. The van der Waals surface area contributed by atoms with E-state index in [9.17, 15) is 13.2 Å². The van der Waals surface area contributed by atoms with E-state index < -0.39 is 12.8 Å². The van der Waals surface area contributed by atoms with E-state index in [1.54, 1.807) is 0 Å². The van der Waals surface area contributed by atoms with Crippen LogP contribution in [0.2, 0.25) is 0 Å². The molecule has 0 atom stereocenters. The summed E-state index contributed by atoms with van der Waals surface area (Å²) in [6.07, 6.45) is -0.443. The lowest BCUT2D eigenvalue weighted by atomic mass is 10.1. The van der Waals surface area contributed by atoms with Gasteiger partial charge in [-0.15, -0.1) is 0 Å². The maximum Gasteiger partial charge on any atom is 0.411 e. The zero-order valence-electron chi connectivity index (χ0n) is 12.9. The highest BCUT2D eigenvalue weighted by molar-refractivity contribution is 7.80. The van der Waals surface area contributed by atoms with Gasteiger partial charge in [-0.25, -0.2) is 4.68 Å². The predicted molar refractivity (Wildman–Crippen MR) is 89.9 cm³/mol. The summed E-state index contributed by atoms with van der Waals surface area (Å²) in [4.78, 5) is 0. The van der Waals surface area contributed by atoms with E-state index in [0.717, 1.165) is 12.1 Å². The molecule has 0 amide bonds. The molecule has 0 fully saturated rings. The van der Waals surface area contributed by atoms with Crippen molar-refractivity contribution in [1.29, 1.82) is 0 Å². The van der Waals surface area contributed by atoms with Crippen LogP contribution in [0, 0.1) is 0 Å². The zero-order chi connectivity index (χ0) is 17.6. The molecule has 2 rings (SSSR count). The van der Waals surface area contributed by atoms with Crippen molar-refractivity contribution >= 4 is 28.7 Å². The third-order valence-electron chi connectivity index (χ3n) is 3.00. The molecule has 0 aliphatic carbocycles. The van der Waals surface area contributed by atoms with Gasteiger partial charge in [0.05, 0.1) is 18.1 Å². The van der Waals surface area contributed by atoms with Gasteiger partial charge in [0.25, 0.3) is 0 Å². The van der Waals surface area contributed by atoms with Crippen molar-refractivity contribution in [2.24, 2.45) is 0 Å². The molecular formula is C15H17F3N4OS. The highest BCUT2D eigenvalue weighted by Gasteiger charge is 2.27. The van der Waals surface area contributed by atoms with E-state index in [1.165, 1.54) is 22.6 Å². The second-order valence-electron chi connectivity index (χ2n) is 4.99. The van der Waals surface area contributed by atoms with Crippen molar-refractivity contribution in [1.82, 2.24) is 9.78 Å². The van der Waals surface area contributed by atoms with Crippen molar-refractivity contribution in [3.05, 3.63) is 42.2 Å². The molecule has 1 aromatic heterocycles. The number of benzene rings is 1. The molecule has 5 nitrogen and oxygen atoms in total. The van der Waals surface area contributed by atoms with Gasteiger partial charge in [0.15, 0.2) is 5.11 Å². The van der Waals surface area contributed by atoms with Crippen LogP contribution in [0.15, 0.2) is 36.7 Å². The number of nitrogens with one attached hydrogen (secondary N) is 2. The molecule has 0 unspecified atom stereocenters. The summed E-state index contributed by atoms with van der Waals surface area (Å²) in [6, 6.07) is 7.84. The van der Waals surface area contributed by atoms with Crippen molar-refractivity contribution < 1.29 is 17.9 Å². The number of ether oxygens (including phenoxy) is 1. The summed E-state index contributed by atoms with van der Waals surface area (Å²) in [7, 11) is 0. The van der Waals surface area contributed by atoms with Crippen molar-refractivity contribution in [3.8, 4) is 0 Å². The van der Waals surface area contributed by atoms with Gasteiger partial charge < -0.3 is 15.4 Å². The largest absolute Gasteiger partial charge is 0.411 e. The van der Waals surface area contributed by atoms with Crippen LogP contribution >= 0.6 is 12.2 Å². The van der Waals surface area contributed by atoms with Crippen LogP contribution in [0.4, 0.5) is 24.5 Å². The number of aromatic nitrogens is 2. The van der Waals surface area contributed by atoms with Gasteiger partial charge in [0, 0.05) is 5.69 Å². The molecule has 24 heavy (non-hydrogen) atoms. The maximum absolute atomic E-state index is 12.0. The van der Waals surface area contributed by atoms with Crippen LogP contribution < -0.4 is 10.6 Å². The standard InChI is InChI=1S/C15H17F3N4OS/c1-2-11-3-5-12(6-4-11)20-14(24)21-13-7-19-22(8-13)10-23-9-15(16,17)18/h3-8H,2,9-10H2,1H3,(H2,20,21,24). The highest BCUT2D eigenvalue weighted by Crippen LogP contribution is 2.15. The van der Waals surface area contributed by atoms with Crippen LogP contribution in [0.1, 0.15) is 12.5 Å². The molecule has 0 saturated heterocycles. The van der Waals surface area contributed by atoms with E-state index >= 15 is 0 Å². The Labute approximate surface area is 142 Å². The van der Waals surface area contributed by atoms with Crippen molar-refractivity contribution in [3.63, 3.8) is 0 Å². The third kappa shape index (κ3) is 6.17. The molecule has 1 aromatic carbocycles. The predicted octanol–water partition coefficient (Wildman–Crippen LogP) is 3.79. The highest BCUT2D eigenvalue weighted by atomic mass is 32.1. The van der Waals surface area contributed by atoms with Gasteiger partial charge in [0.1, 0.15) is 13.3 Å². The fraction of sp³-hybridized carbons (Fsp3) is 0.333. The molecule has 130 valence electrons. The van der Waals surface area contributed by atoms with Gasteiger partial charge in [0.2, 0.25) is 0 Å². The molecule has 0 saturated carbocycles. The lowest BCUT2D eigenvalue weighted by molar-refractivity contribution is -0.182. The fourth-order valence-electron chi connectivity index (χ4n) is 1.87. The molecule has 2 N–H and O–H groups in total. The summed E-state index contributed by atoms with van der Waals surface area (Å²) in [5.74, 6) is 0. The zero-order valence-corrected chi connectivity index (χ0v) is 13.7. The van der Waals surface area contributed by atoms with Crippen LogP contribution in [0.5, 0.6) is 0 Å². The smallest absolute Gasteiger partial charge is 0.350 e. The number of halogens is 3. The normalized spacial score (nSPS) is 11.3. The summed E-state index contributed by atoms with van der Waals surface area (Å²) in [5, 5.41) is 10.2. The van der Waals surface area contributed by atoms with Gasteiger partial charge >= 0.3 is 6.18 Å². The molecular weight excluding hydrogens is 341 g/mol. The number of thiocarbonyl (C=S) groups is 1. The minimum Gasteiger partial charge on any atom is -0.350 e. The number of nitrogens with zero attached hydrogens (tertiary/aromatic N) is 2. The fourth-order valence-corrected chi connectivity index (χ4v) is 2.11. The number of hydrogen-bond acceptors (Lipinski definition) is 3. The van der Waals surface area contributed by atoms with Gasteiger partial charge in [-0.2, -0.15) is 18.3 Å². The van der Waals surface area contributed by atoms with E-state index in [2.05, 4.69) is 27.4 Å². The molecule has 0 aliphatic heterocycles. The summed E-state index contributed by atoms with van der Waals surface area (Å²) in [6.45, 7) is 0.466. The first kappa shape index (κ1) is 18.2. The van der Waals surface area contributed by atoms with Crippen molar-refractivity contribution in [2.45, 2.75) is 26.3 Å². The Balaban J connectivity index is 1.81. The number of hydrogen-bond donors (Lipinski definition) is 2. The maximum atomic E-state index is 12.0. The molecule has 1 heterocycles. The average molecular weight is 358 g/mol. The van der Waals surface area contributed by atoms with Gasteiger partial charge in [-0.05, 0) is 36.3 Å². The minimum atomic E-state index is -4.35. The Bertz CT molecular complexity index is 670. The SMILES string of the molecule is CCc1ccc(NC(=S)Nc2cnn(COCC(F)(F)F)c2)cc1. The third-order valence-corrected chi connectivity index (χ3v) is 3.20. The van der Waals surface area contributed by atoms with Crippen LogP contribution in [-0.2, 0) is 17.9 Å². The Morgan fingerprint density at radius 1 is 1.21 bits per heavy atom. The van der Waals surface area contributed by atoms with E-state index in [1.807, 2.05) is 24.3 Å². The molecule has 0 bridgehead atoms. The monoisotopic (exact) mass is 358 g/mol. The van der Waals surface area contributed by atoms with Crippen molar-refractivity contribution in [2.75, 3.05) is 17.2 Å². The lowest BCUT2D eigenvalue weighted by Crippen LogP contribution is -2.19. The number of rotatable bonds is 6. The topological polar surface area (TPSA) is 51.1 Å². The first-order valence-corrected chi connectivity index (χ1v) is 7.60. The van der Waals surface area contributed by atoms with E-state index in [-0.39, 0.29) is 6.73 Å². The first-order valence-electron chi connectivity index (χ1n) is 7.19. The molecule has 9 heteroatoms. The van der Waals surface area contributed by atoms with Gasteiger partial charge in [-0.1, -0.05) is 19.1 Å². The van der Waals surface area contributed by atoms with E-state index in [0.29, 0.717) is 10.8 Å². The van der Waals surface area contributed by atoms with Crippen LogP contribution in [0.25, 0.3) is 0 Å². The summed E-state index contributed by atoms with van der Waals surface area (Å²) >= 11 is 5.19. The number of anilines is 2. The lowest BCUT2D eigenvalue weighted by Gasteiger charge is -2.09. The number of aryl methyl sites for hydroxylation is 1. The Morgan fingerprint density at radius 3 is 2.50 bits per heavy atom. The Morgan fingerprint density at radius 2 is 1.88 bits per heavy atom. The molecule has 0 aliphatic rings. The Hall–Kier alpha value is -2.13. The van der Waals surface area contributed by atoms with E-state index in [4.69, 9.17) is 12.2 Å². The minimum absolute atomic E-state index is 0.292. The Kier molecular flexibility index (Phi) is 6.16. The second kappa shape index (κ2) is 8.11. The quantitative estimate of drug-likeness (QED) is 0.770. The average Bonchev–Trinajstić information content (AvgIpc) is 2.94. The number of alkyl halides is 3. The summed E-state index contributed by atoms with van der Waals surface area (Å²) in [5.41, 5.74) is 2.61. The molecule has 2 aromatic rings. The second-order valence-corrected chi connectivity index (χ2v) is 5.40. The van der Waals surface area contributed by atoms with Gasteiger partial charge in [-0.3, -0.25) is 0 Å². The van der Waals surface area contributed by atoms with Crippen LogP contribution in [0.3, 0.4) is 0 Å².